The van der Waals surface area contributed by atoms with Crippen LogP contribution >= 0.6 is 22.7 Å². The molecule has 0 aliphatic rings. The summed E-state index contributed by atoms with van der Waals surface area (Å²) in [7, 11) is 0. The minimum Gasteiger partial charge on any atom is -0.302 e. The maximum Gasteiger partial charge on any atom is 0.232 e. The van der Waals surface area contributed by atoms with E-state index in [1.165, 1.54) is 22.7 Å². The molecule has 0 spiro atoms. The van der Waals surface area contributed by atoms with Crippen LogP contribution < -0.4 is 10.6 Å². The molecule has 2 aromatic rings. The molecule has 0 bridgehead atoms. The molecule has 0 radical (unpaired) electrons. The highest BCUT2D eigenvalue weighted by atomic mass is 32.1. The fourth-order valence-electron chi connectivity index (χ4n) is 2.03. The van der Waals surface area contributed by atoms with Crippen LogP contribution in [0.25, 0.3) is 0 Å². The SMILES string of the molecule is CC(C)c1csc(NC(=O)Cc2csc(NC(=O)CC(C)(C)C)n2)n1. The summed E-state index contributed by atoms with van der Waals surface area (Å²) in [6.45, 7) is 10.1. The molecule has 6 nitrogen and oxygen atoms in total. The van der Waals surface area contributed by atoms with Crippen molar-refractivity contribution in [3.63, 3.8) is 0 Å². The molecule has 0 atom stereocenters. The Labute approximate surface area is 156 Å². The molecule has 0 aliphatic heterocycles. The summed E-state index contributed by atoms with van der Waals surface area (Å²) in [4.78, 5) is 32.7. The van der Waals surface area contributed by atoms with Crippen LogP contribution in [0.2, 0.25) is 0 Å². The first-order valence-electron chi connectivity index (χ1n) is 8.12. The van der Waals surface area contributed by atoms with Crippen molar-refractivity contribution in [3.05, 3.63) is 22.1 Å². The van der Waals surface area contributed by atoms with Crippen LogP contribution in [0.3, 0.4) is 0 Å². The van der Waals surface area contributed by atoms with Gasteiger partial charge in [0, 0.05) is 17.2 Å². The summed E-state index contributed by atoms with van der Waals surface area (Å²) in [5.74, 6) is 0.101. The Morgan fingerprint density at radius 1 is 1.04 bits per heavy atom. The minimum atomic E-state index is -0.164. The lowest BCUT2D eigenvalue weighted by Crippen LogP contribution is -2.19. The van der Waals surface area contributed by atoms with E-state index >= 15 is 0 Å². The van der Waals surface area contributed by atoms with E-state index in [-0.39, 0.29) is 23.7 Å². The molecule has 25 heavy (non-hydrogen) atoms. The van der Waals surface area contributed by atoms with Gasteiger partial charge < -0.3 is 10.6 Å². The second kappa shape index (κ2) is 8.05. The summed E-state index contributed by atoms with van der Waals surface area (Å²) in [6, 6.07) is 0. The maximum atomic E-state index is 12.1. The van der Waals surface area contributed by atoms with Crippen LogP contribution in [0.15, 0.2) is 10.8 Å². The number of rotatable bonds is 6. The lowest BCUT2D eigenvalue weighted by Gasteiger charge is -2.16. The molecule has 0 aromatic carbocycles. The molecule has 0 fully saturated rings. The topological polar surface area (TPSA) is 84.0 Å². The van der Waals surface area contributed by atoms with Crippen molar-refractivity contribution in [2.24, 2.45) is 5.41 Å². The lowest BCUT2D eigenvalue weighted by molar-refractivity contribution is -0.118. The van der Waals surface area contributed by atoms with Gasteiger partial charge in [-0.15, -0.1) is 22.7 Å². The highest BCUT2D eigenvalue weighted by Gasteiger charge is 2.17. The molecule has 0 saturated carbocycles. The predicted molar refractivity (Wildman–Crippen MR) is 103 cm³/mol. The second-order valence-electron chi connectivity index (χ2n) is 7.39. The average molecular weight is 381 g/mol. The van der Waals surface area contributed by atoms with Crippen molar-refractivity contribution < 1.29 is 9.59 Å². The van der Waals surface area contributed by atoms with E-state index in [9.17, 15) is 9.59 Å². The van der Waals surface area contributed by atoms with Crippen molar-refractivity contribution in [2.75, 3.05) is 10.6 Å². The number of carbonyl (C=O) groups excluding carboxylic acids is 2. The normalized spacial score (nSPS) is 11.6. The largest absolute Gasteiger partial charge is 0.302 e. The Balaban J connectivity index is 1.87. The molecule has 2 aromatic heterocycles. The number of nitrogens with one attached hydrogen (secondary N) is 2. The second-order valence-corrected chi connectivity index (χ2v) is 9.10. The number of thiazole rings is 2. The molecule has 2 amide bonds. The van der Waals surface area contributed by atoms with Gasteiger partial charge in [0.1, 0.15) is 0 Å². The van der Waals surface area contributed by atoms with Crippen LogP contribution in [0.4, 0.5) is 10.3 Å². The number of nitrogens with zero attached hydrogens (tertiary/aromatic N) is 2. The van der Waals surface area contributed by atoms with Crippen LogP contribution in [0.5, 0.6) is 0 Å². The fraction of sp³-hybridized carbons (Fsp3) is 0.529. The standard InChI is InChI=1S/C17H24N4O2S2/c1-10(2)12-9-25-16(19-12)20-13(22)6-11-8-24-15(18-11)21-14(23)7-17(3,4)5/h8-10H,6-7H2,1-5H3,(H,18,21,23)(H,19,20,22). The van der Waals surface area contributed by atoms with Gasteiger partial charge in [0.25, 0.3) is 0 Å². The van der Waals surface area contributed by atoms with E-state index in [0.29, 0.717) is 28.3 Å². The van der Waals surface area contributed by atoms with Crippen molar-refractivity contribution >= 4 is 44.8 Å². The molecular weight excluding hydrogens is 356 g/mol. The Bertz CT molecular complexity index is 744. The van der Waals surface area contributed by atoms with Gasteiger partial charge in [0.15, 0.2) is 10.3 Å². The zero-order valence-corrected chi connectivity index (χ0v) is 16.8. The summed E-state index contributed by atoms with van der Waals surface area (Å²) < 4.78 is 0. The third-order valence-electron chi connectivity index (χ3n) is 3.19. The Morgan fingerprint density at radius 3 is 2.24 bits per heavy atom. The summed E-state index contributed by atoms with van der Waals surface area (Å²) >= 11 is 2.74. The predicted octanol–water partition coefficient (Wildman–Crippen LogP) is 4.28. The summed E-state index contributed by atoms with van der Waals surface area (Å²) in [5.41, 5.74) is 1.53. The Kier molecular flexibility index (Phi) is 6.29. The number of carbonyl (C=O) groups is 2. The Hall–Kier alpha value is -1.80. The van der Waals surface area contributed by atoms with Gasteiger partial charge in [-0.1, -0.05) is 34.6 Å². The Morgan fingerprint density at radius 2 is 1.64 bits per heavy atom. The van der Waals surface area contributed by atoms with E-state index in [0.717, 1.165) is 5.69 Å². The first kappa shape index (κ1) is 19.5. The fourth-order valence-corrected chi connectivity index (χ4v) is 3.64. The van der Waals surface area contributed by atoms with Gasteiger partial charge in [-0.3, -0.25) is 9.59 Å². The highest BCUT2D eigenvalue weighted by Crippen LogP contribution is 2.23. The molecule has 0 saturated heterocycles. The molecular formula is C17H24N4O2S2. The van der Waals surface area contributed by atoms with E-state index in [4.69, 9.17) is 0 Å². The monoisotopic (exact) mass is 380 g/mol. The minimum absolute atomic E-state index is 0.0677. The number of hydrogen-bond acceptors (Lipinski definition) is 6. The van der Waals surface area contributed by atoms with Gasteiger partial charge in [-0.05, 0) is 11.3 Å². The number of anilines is 2. The first-order valence-corrected chi connectivity index (χ1v) is 9.88. The lowest BCUT2D eigenvalue weighted by atomic mass is 9.92. The van der Waals surface area contributed by atoms with Crippen LogP contribution in [-0.4, -0.2) is 21.8 Å². The van der Waals surface area contributed by atoms with Crippen molar-refractivity contribution in [3.8, 4) is 0 Å². The van der Waals surface area contributed by atoms with Crippen LogP contribution in [-0.2, 0) is 16.0 Å². The first-order chi connectivity index (χ1) is 11.6. The smallest absolute Gasteiger partial charge is 0.232 e. The molecule has 8 heteroatoms. The molecule has 2 N–H and O–H groups in total. The number of aromatic nitrogens is 2. The molecule has 2 rings (SSSR count). The van der Waals surface area contributed by atoms with Gasteiger partial charge in [-0.25, -0.2) is 9.97 Å². The van der Waals surface area contributed by atoms with Gasteiger partial charge >= 0.3 is 0 Å². The molecule has 2 heterocycles. The van der Waals surface area contributed by atoms with Crippen LogP contribution in [0.1, 0.15) is 58.3 Å². The third-order valence-corrected chi connectivity index (χ3v) is 4.77. The molecule has 136 valence electrons. The van der Waals surface area contributed by atoms with E-state index in [2.05, 4.69) is 34.4 Å². The van der Waals surface area contributed by atoms with E-state index in [1.54, 1.807) is 5.38 Å². The molecule has 0 aliphatic carbocycles. The van der Waals surface area contributed by atoms with Crippen molar-refractivity contribution in [1.29, 1.82) is 0 Å². The average Bonchev–Trinajstić information content (AvgIpc) is 3.06. The quantitative estimate of drug-likeness (QED) is 0.783. The van der Waals surface area contributed by atoms with Crippen molar-refractivity contribution in [2.45, 2.75) is 53.4 Å². The third kappa shape index (κ3) is 6.55. The van der Waals surface area contributed by atoms with Gasteiger partial charge in [0.2, 0.25) is 11.8 Å². The maximum absolute atomic E-state index is 12.1. The summed E-state index contributed by atoms with van der Waals surface area (Å²) in [6.07, 6.45) is 0.576. The summed E-state index contributed by atoms with van der Waals surface area (Å²) in [5, 5.41) is 10.4. The van der Waals surface area contributed by atoms with Crippen molar-refractivity contribution in [1.82, 2.24) is 9.97 Å². The van der Waals surface area contributed by atoms with Gasteiger partial charge in [-0.2, -0.15) is 0 Å². The van der Waals surface area contributed by atoms with E-state index in [1.807, 2.05) is 26.2 Å². The number of amides is 2. The zero-order chi connectivity index (χ0) is 18.6. The van der Waals surface area contributed by atoms with E-state index < -0.39 is 0 Å². The van der Waals surface area contributed by atoms with Gasteiger partial charge in [0.05, 0.1) is 17.8 Å². The van der Waals surface area contributed by atoms with Crippen LogP contribution in [0, 0.1) is 5.41 Å². The number of hydrogen-bond donors (Lipinski definition) is 2. The highest BCUT2D eigenvalue weighted by molar-refractivity contribution is 7.14. The molecule has 0 unspecified atom stereocenters. The zero-order valence-electron chi connectivity index (χ0n) is 15.2.